The molecule has 1 aliphatic rings. The highest BCUT2D eigenvalue weighted by Gasteiger charge is 2.18. The first-order valence-electron chi connectivity index (χ1n) is 5.57. The minimum atomic E-state index is 0.646. The third-order valence-corrected chi connectivity index (χ3v) is 3.99. The third-order valence-electron chi connectivity index (χ3n) is 2.90. The maximum atomic E-state index is 4.61. The molecule has 0 spiro atoms. The van der Waals surface area contributed by atoms with Crippen LogP contribution >= 0.6 is 11.8 Å². The number of hydrogen-bond donors (Lipinski definition) is 1. The zero-order chi connectivity index (χ0) is 10.6. The predicted octanol–water partition coefficient (Wildman–Crippen LogP) is 2.75. The maximum absolute atomic E-state index is 4.61. The predicted molar refractivity (Wildman–Crippen MR) is 66.0 cm³/mol. The van der Waals surface area contributed by atoms with Crippen molar-refractivity contribution in [2.75, 3.05) is 12.3 Å². The van der Waals surface area contributed by atoms with E-state index in [0.29, 0.717) is 12.0 Å². The van der Waals surface area contributed by atoms with E-state index in [1.54, 1.807) is 0 Å². The lowest BCUT2D eigenvalue weighted by atomic mass is 9.99. The molecule has 82 valence electrons. The van der Waals surface area contributed by atoms with Crippen LogP contribution in [0.15, 0.2) is 4.99 Å². The van der Waals surface area contributed by atoms with Crippen LogP contribution in [0.3, 0.4) is 0 Å². The second-order valence-corrected chi connectivity index (χ2v) is 5.44. The molecular formula is C11H22N2S. The lowest BCUT2D eigenvalue weighted by Crippen LogP contribution is -2.26. The zero-order valence-corrected chi connectivity index (χ0v) is 10.5. The van der Waals surface area contributed by atoms with Gasteiger partial charge in [-0.25, -0.2) is 0 Å². The average Bonchev–Trinajstić information content (AvgIpc) is 2.61. The number of rotatable bonds is 4. The Morgan fingerprint density at radius 1 is 1.50 bits per heavy atom. The highest BCUT2D eigenvalue weighted by molar-refractivity contribution is 8.14. The van der Waals surface area contributed by atoms with Gasteiger partial charge in [0.05, 0.1) is 0 Å². The van der Waals surface area contributed by atoms with Gasteiger partial charge < -0.3 is 5.32 Å². The molecule has 1 N–H and O–H groups in total. The molecule has 2 atom stereocenters. The van der Waals surface area contributed by atoms with Gasteiger partial charge in [-0.1, -0.05) is 39.5 Å². The van der Waals surface area contributed by atoms with Crippen LogP contribution in [0.2, 0.25) is 0 Å². The van der Waals surface area contributed by atoms with Crippen molar-refractivity contribution in [3.8, 4) is 0 Å². The van der Waals surface area contributed by atoms with Crippen LogP contribution in [0.4, 0.5) is 0 Å². The van der Waals surface area contributed by atoms with Crippen LogP contribution in [0.25, 0.3) is 0 Å². The Kier molecular flexibility index (Phi) is 4.79. The molecular weight excluding hydrogens is 192 g/mol. The molecule has 0 aromatic carbocycles. The van der Waals surface area contributed by atoms with Gasteiger partial charge in [0.25, 0.3) is 0 Å². The van der Waals surface area contributed by atoms with Gasteiger partial charge in [0.15, 0.2) is 5.17 Å². The van der Waals surface area contributed by atoms with Gasteiger partial charge in [0, 0.05) is 18.3 Å². The van der Waals surface area contributed by atoms with E-state index in [1.165, 1.54) is 12.2 Å². The van der Waals surface area contributed by atoms with E-state index in [0.717, 1.165) is 17.6 Å². The first-order valence-corrected chi connectivity index (χ1v) is 6.55. The number of hydrogen-bond acceptors (Lipinski definition) is 2. The number of aliphatic imine (C=N–C) groups is 1. The highest BCUT2D eigenvalue weighted by atomic mass is 32.2. The topological polar surface area (TPSA) is 24.4 Å². The summed E-state index contributed by atoms with van der Waals surface area (Å²) in [5.41, 5.74) is 0. The van der Waals surface area contributed by atoms with E-state index in [-0.39, 0.29) is 0 Å². The molecule has 1 fully saturated rings. The summed E-state index contributed by atoms with van der Waals surface area (Å²) in [5, 5.41) is 4.60. The van der Waals surface area contributed by atoms with Gasteiger partial charge >= 0.3 is 0 Å². The Morgan fingerprint density at radius 2 is 2.21 bits per heavy atom. The summed E-state index contributed by atoms with van der Waals surface area (Å²) < 4.78 is 0. The summed E-state index contributed by atoms with van der Waals surface area (Å²) in [4.78, 5) is 4.61. The molecule has 2 unspecified atom stereocenters. The van der Waals surface area contributed by atoms with Crippen LogP contribution in [0, 0.1) is 11.8 Å². The van der Waals surface area contributed by atoms with Gasteiger partial charge in [-0.2, -0.15) is 0 Å². The number of amidine groups is 1. The summed E-state index contributed by atoms with van der Waals surface area (Å²) in [7, 11) is 0. The Bertz CT molecular complexity index is 201. The van der Waals surface area contributed by atoms with Crippen LogP contribution in [-0.2, 0) is 0 Å². The fourth-order valence-corrected chi connectivity index (χ4v) is 2.28. The molecule has 1 rings (SSSR count). The Hall–Kier alpha value is -0.180. The van der Waals surface area contributed by atoms with Gasteiger partial charge in [0.1, 0.15) is 0 Å². The second kappa shape index (κ2) is 5.64. The van der Waals surface area contributed by atoms with Gasteiger partial charge in [-0.15, -0.1) is 0 Å². The van der Waals surface area contributed by atoms with Gasteiger partial charge in [-0.05, 0) is 18.3 Å². The first kappa shape index (κ1) is 11.9. The van der Waals surface area contributed by atoms with Gasteiger partial charge in [0.2, 0.25) is 0 Å². The van der Waals surface area contributed by atoms with E-state index in [1.807, 2.05) is 11.8 Å². The van der Waals surface area contributed by atoms with E-state index < -0.39 is 0 Å². The SMILES string of the molecule is CCC1CSC(=NCC(C)C(C)C)N1. The van der Waals surface area contributed by atoms with Crippen molar-refractivity contribution in [1.82, 2.24) is 5.32 Å². The molecule has 1 saturated heterocycles. The lowest BCUT2D eigenvalue weighted by molar-refractivity contribution is 0.430. The molecule has 0 radical (unpaired) electrons. The smallest absolute Gasteiger partial charge is 0.156 e. The highest BCUT2D eigenvalue weighted by Crippen LogP contribution is 2.17. The van der Waals surface area contributed by atoms with E-state index in [4.69, 9.17) is 0 Å². The van der Waals surface area contributed by atoms with Crippen LogP contribution in [0.1, 0.15) is 34.1 Å². The molecule has 0 aliphatic carbocycles. The Labute approximate surface area is 92.0 Å². The van der Waals surface area contributed by atoms with E-state index in [2.05, 4.69) is 38.0 Å². The quantitative estimate of drug-likeness (QED) is 0.778. The molecule has 0 amide bonds. The molecule has 14 heavy (non-hydrogen) atoms. The normalized spacial score (nSPS) is 26.9. The van der Waals surface area contributed by atoms with Crippen molar-refractivity contribution in [2.24, 2.45) is 16.8 Å². The molecule has 2 nitrogen and oxygen atoms in total. The largest absolute Gasteiger partial charge is 0.361 e. The minimum absolute atomic E-state index is 0.646. The van der Waals surface area contributed by atoms with E-state index in [9.17, 15) is 0 Å². The second-order valence-electron chi connectivity index (χ2n) is 4.43. The van der Waals surface area contributed by atoms with Gasteiger partial charge in [-0.3, -0.25) is 4.99 Å². The standard InChI is InChI=1S/C11H22N2S/c1-5-10-7-14-11(13-10)12-6-9(4)8(2)3/h8-10H,5-7H2,1-4H3,(H,12,13). The fourth-order valence-electron chi connectivity index (χ4n) is 1.19. The first-order chi connectivity index (χ1) is 6.63. The molecule has 0 aromatic rings. The number of thioether (sulfide) groups is 1. The molecule has 0 aromatic heterocycles. The molecule has 1 aliphatic heterocycles. The van der Waals surface area contributed by atoms with Crippen molar-refractivity contribution in [3.63, 3.8) is 0 Å². The summed E-state index contributed by atoms with van der Waals surface area (Å²) in [6.07, 6.45) is 1.20. The zero-order valence-electron chi connectivity index (χ0n) is 9.71. The molecule has 1 heterocycles. The van der Waals surface area contributed by atoms with Crippen molar-refractivity contribution < 1.29 is 0 Å². The van der Waals surface area contributed by atoms with Crippen LogP contribution in [-0.4, -0.2) is 23.5 Å². The fraction of sp³-hybridized carbons (Fsp3) is 0.909. The minimum Gasteiger partial charge on any atom is -0.361 e. The molecule has 0 bridgehead atoms. The summed E-state index contributed by atoms with van der Waals surface area (Å²) >= 11 is 1.87. The average molecular weight is 214 g/mol. The lowest BCUT2D eigenvalue weighted by Gasteiger charge is -2.12. The van der Waals surface area contributed by atoms with Crippen molar-refractivity contribution >= 4 is 16.9 Å². The Balaban J connectivity index is 2.32. The van der Waals surface area contributed by atoms with Crippen molar-refractivity contribution in [2.45, 2.75) is 40.2 Å². The van der Waals surface area contributed by atoms with Crippen molar-refractivity contribution in [3.05, 3.63) is 0 Å². The molecule has 3 heteroatoms. The number of nitrogens with zero attached hydrogens (tertiary/aromatic N) is 1. The van der Waals surface area contributed by atoms with Crippen molar-refractivity contribution in [1.29, 1.82) is 0 Å². The Morgan fingerprint density at radius 3 is 2.71 bits per heavy atom. The van der Waals surface area contributed by atoms with Crippen LogP contribution in [0.5, 0.6) is 0 Å². The summed E-state index contributed by atoms with van der Waals surface area (Å²) in [5.74, 6) is 2.60. The summed E-state index contributed by atoms with van der Waals surface area (Å²) in [6, 6.07) is 0.646. The summed E-state index contributed by atoms with van der Waals surface area (Å²) in [6.45, 7) is 9.97. The van der Waals surface area contributed by atoms with E-state index >= 15 is 0 Å². The van der Waals surface area contributed by atoms with Crippen LogP contribution < -0.4 is 5.32 Å². The molecule has 0 saturated carbocycles. The third kappa shape index (κ3) is 3.52. The monoisotopic (exact) mass is 214 g/mol. The maximum Gasteiger partial charge on any atom is 0.156 e. The number of nitrogens with one attached hydrogen (secondary N) is 1.